The highest BCUT2D eigenvalue weighted by molar-refractivity contribution is 5.92. The second-order valence-electron chi connectivity index (χ2n) is 7.59. The average Bonchev–Trinajstić information content (AvgIpc) is 3.08. The number of nitrogens with zero attached hydrogens (tertiary/aromatic N) is 1. The van der Waals surface area contributed by atoms with E-state index in [1.165, 1.54) is 0 Å². The lowest BCUT2D eigenvalue weighted by Crippen LogP contribution is -2.41. The van der Waals surface area contributed by atoms with Crippen molar-refractivity contribution in [3.05, 3.63) is 0 Å². The summed E-state index contributed by atoms with van der Waals surface area (Å²) in [6, 6.07) is 0.404. The zero-order valence-corrected chi connectivity index (χ0v) is 12.3. The third kappa shape index (κ3) is 1.31. The molecule has 0 aromatic carbocycles. The molecule has 18 heavy (non-hydrogen) atoms. The molecule has 2 aliphatic carbocycles. The molecule has 102 valence electrons. The van der Waals surface area contributed by atoms with E-state index in [-0.39, 0.29) is 22.5 Å². The molecule has 0 aromatic heterocycles. The second-order valence-corrected chi connectivity index (χ2v) is 7.59. The fourth-order valence-corrected chi connectivity index (χ4v) is 3.96. The van der Waals surface area contributed by atoms with Crippen LogP contribution in [0.4, 0.5) is 0 Å². The first-order valence-electron chi connectivity index (χ1n) is 7.38. The van der Waals surface area contributed by atoms with E-state index in [0.717, 1.165) is 25.7 Å². The van der Waals surface area contributed by atoms with E-state index < -0.39 is 0 Å². The summed E-state index contributed by atoms with van der Waals surface area (Å²) in [7, 11) is 0. The summed E-state index contributed by atoms with van der Waals surface area (Å²) in [6.07, 6.45) is 4.56. The minimum atomic E-state index is -0.158. The molecule has 1 aliphatic heterocycles. The van der Waals surface area contributed by atoms with Gasteiger partial charge in [-0.25, -0.2) is 0 Å². The van der Waals surface area contributed by atoms with Gasteiger partial charge in [0, 0.05) is 6.04 Å². The number of amides is 1. The number of carbonyl (C=O) groups is 1. The molecule has 1 unspecified atom stereocenters. The lowest BCUT2D eigenvalue weighted by Gasteiger charge is -2.26. The van der Waals surface area contributed by atoms with Crippen molar-refractivity contribution in [2.75, 3.05) is 0 Å². The number of hydrogen-bond donors (Lipinski definition) is 1. The third-order valence-electron chi connectivity index (χ3n) is 5.96. The summed E-state index contributed by atoms with van der Waals surface area (Å²) in [5.41, 5.74) is 0.335. The Balaban J connectivity index is 1.88. The van der Waals surface area contributed by atoms with Crippen LogP contribution in [0.3, 0.4) is 0 Å². The summed E-state index contributed by atoms with van der Waals surface area (Å²) in [5.74, 6) is 0.379. The van der Waals surface area contributed by atoms with E-state index in [1.807, 2.05) is 0 Å². The molecule has 0 radical (unpaired) electrons. The molecule has 1 spiro atoms. The number of nitrogens with one attached hydrogen (secondary N) is 1. The summed E-state index contributed by atoms with van der Waals surface area (Å²) in [5, 5.41) is 3.62. The number of rotatable bonds is 3. The largest absolute Gasteiger partial charge is 0.321 e. The molecule has 1 saturated heterocycles. The van der Waals surface area contributed by atoms with Gasteiger partial charge in [0.25, 0.3) is 0 Å². The van der Waals surface area contributed by atoms with Crippen LogP contribution in [0, 0.1) is 10.8 Å². The van der Waals surface area contributed by atoms with Crippen molar-refractivity contribution < 1.29 is 4.79 Å². The van der Waals surface area contributed by atoms with Crippen LogP contribution in [0.2, 0.25) is 0 Å². The highest BCUT2D eigenvalue weighted by Crippen LogP contribution is 2.67. The van der Waals surface area contributed by atoms with Gasteiger partial charge in [-0.3, -0.25) is 10.1 Å². The van der Waals surface area contributed by atoms with Gasteiger partial charge in [-0.1, -0.05) is 41.0 Å². The lowest BCUT2D eigenvalue weighted by atomic mass is 10.0. The fraction of sp³-hybridized carbons (Fsp3) is 0.933. The Morgan fingerprint density at radius 3 is 2.17 bits per heavy atom. The van der Waals surface area contributed by atoms with Gasteiger partial charge in [0.1, 0.15) is 0 Å². The van der Waals surface area contributed by atoms with E-state index in [2.05, 4.69) is 44.8 Å². The Bertz CT molecular complexity index is 381. The first kappa shape index (κ1) is 12.5. The van der Waals surface area contributed by atoms with Gasteiger partial charge in [-0.05, 0) is 30.1 Å². The Hall–Kier alpha value is -0.570. The molecule has 1 N–H and O–H groups in total. The molecule has 1 atom stereocenters. The Morgan fingerprint density at radius 2 is 1.78 bits per heavy atom. The van der Waals surface area contributed by atoms with Crippen molar-refractivity contribution in [3.63, 3.8) is 0 Å². The summed E-state index contributed by atoms with van der Waals surface area (Å²) >= 11 is 0. The average molecular weight is 250 g/mol. The Labute approximate surface area is 110 Å². The number of carbonyl (C=O) groups excluding carboxylic acids is 1. The minimum absolute atomic E-state index is 0.158. The molecule has 3 aliphatic rings. The zero-order chi connectivity index (χ0) is 13.3. The molecule has 3 heteroatoms. The van der Waals surface area contributed by atoms with Crippen LogP contribution < -0.4 is 5.32 Å². The molecule has 1 amide bonds. The maximum absolute atomic E-state index is 12.7. The quantitative estimate of drug-likeness (QED) is 0.834. The zero-order valence-electron chi connectivity index (χ0n) is 12.3. The van der Waals surface area contributed by atoms with E-state index in [0.29, 0.717) is 11.9 Å². The van der Waals surface area contributed by atoms with Crippen LogP contribution in [0.25, 0.3) is 0 Å². The van der Waals surface area contributed by atoms with Crippen LogP contribution in [-0.4, -0.2) is 28.6 Å². The normalized spacial score (nSPS) is 35.3. The Morgan fingerprint density at radius 1 is 1.22 bits per heavy atom. The lowest BCUT2D eigenvalue weighted by molar-refractivity contribution is -0.132. The predicted octanol–water partition coefficient (Wildman–Crippen LogP) is 2.51. The van der Waals surface area contributed by atoms with Gasteiger partial charge in [0.15, 0.2) is 0 Å². The van der Waals surface area contributed by atoms with E-state index in [4.69, 9.17) is 0 Å². The summed E-state index contributed by atoms with van der Waals surface area (Å²) in [6.45, 7) is 11.4. The molecule has 3 rings (SSSR count). The van der Waals surface area contributed by atoms with Crippen molar-refractivity contribution in [3.8, 4) is 0 Å². The molecule has 2 saturated carbocycles. The topological polar surface area (TPSA) is 32.3 Å². The van der Waals surface area contributed by atoms with Gasteiger partial charge in [0.05, 0.1) is 11.7 Å². The third-order valence-corrected chi connectivity index (χ3v) is 5.96. The van der Waals surface area contributed by atoms with Crippen LogP contribution in [0.15, 0.2) is 0 Å². The smallest absolute Gasteiger partial charge is 0.244 e. The number of hydrogen-bond acceptors (Lipinski definition) is 2. The van der Waals surface area contributed by atoms with Gasteiger partial charge < -0.3 is 4.90 Å². The second kappa shape index (κ2) is 3.30. The van der Waals surface area contributed by atoms with Crippen LogP contribution in [0.1, 0.15) is 60.3 Å². The molecular formula is C15H26N2O. The highest BCUT2D eigenvalue weighted by atomic mass is 16.2. The molecular weight excluding hydrogens is 224 g/mol. The van der Waals surface area contributed by atoms with Crippen LogP contribution in [-0.2, 0) is 4.79 Å². The first-order chi connectivity index (χ1) is 8.28. The van der Waals surface area contributed by atoms with Gasteiger partial charge in [-0.15, -0.1) is 0 Å². The molecule has 0 bridgehead atoms. The van der Waals surface area contributed by atoms with Gasteiger partial charge in [0.2, 0.25) is 5.91 Å². The molecule has 3 fully saturated rings. The van der Waals surface area contributed by atoms with Crippen molar-refractivity contribution in [2.24, 2.45) is 10.8 Å². The standard InChI is InChI=1S/C15H26N2O/c1-6-7-10-16-15(8-9-15)12(18)17(10)11-13(2,3)14(11,4)5/h10-11,16H,6-9H2,1-5H3. The van der Waals surface area contributed by atoms with Gasteiger partial charge in [-0.2, -0.15) is 0 Å². The molecule has 1 heterocycles. The minimum Gasteiger partial charge on any atom is -0.321 e. The van der Waals surface area contributed by atoms with Crippen molar-refractivity contribution in [1.82, 2.24) is 10.2 Å². The fourth-order valence-electron chi connectivity index (χ4n) is 3.96. The summed E-state index contributed by atoms with van der Waals surface area (Å²) in [4.78, 5) is 14.9. The van der Waals surface area contributed by atoms with Crippen molar-refractivity contribution >= 4 is 5.91 Å². The predicted molar refractivity (Wildman–Crippen MR) is 72.0 cm³/mol. The first-order valence-corrected chi connectivity index (χ1v) is 7.38. The highest BCUT2D eigenvalue weighted by Gasteiger charge is 2.73. The van der Waals surface area contributed by atoms with Crippen LogP contribution in [0.5, 0.6) is 0 Å². The monoisotopic (exact) mass is 250 g/mol. The van der Waals surface area contributed by atoms with Crippen molar-refractivity contribution in [2.45, 2.75) is 78.0 Å². The van der Waals surface area contributed by atoms with Crippen molar-refractivity contribution in [1.29, 1.82) is 0 Å². The van der Waals surface area contributed by atoms with Crippen LogP contribution >= 0.6 is 0 Å². The molecule has 0 aromatic rings. The summed E-state index contributed by atoms with van der Waals surface area (Å²) < 4.78 is 0. The van der Waals surface area contributed by atoms with E-state index in [1.54, 1.807) is 0 Å². The van der Waals surface area contributed by atoms with Gasteiger partial charge >= 0.3 is 0 Å². The maximum Gasteiger partial charge on any atom is 0.244 e. The molecule has 3 nitrogen and oxygen atoms in total. The SMILES string of the molecule is CCCC1NC2(CC2)C(=O)N1C1C(C)(C)C1(C)C. The van der Waals surface area contributed by atoms with E-state index in [9.17, 15) is 4.79 Å². The van der Waals surface area contributed by atoms with E-state index >= 15 is 0 Å². The maximum atomic E-state index is 12.7. The Kier molecular flexibility index (Phi) is 2.28.